The highest BCUT2D eigenvalue weighted by Gasteiger charge is 2.21. The third-order valence-electron chi connectivity index (χ3n) is 6.07. The van der Waals surface area contributed by atoms with Crippen molar-refractivity contribution in [3.63, 3.8) is 0 Å². The van der Waals surface area contributed by atoms with Crippen molar-refractivity contribution >= 4 is 50.9 Å². The Bertz CT molecular complexity index is 1680. The van der Waals surface area contributed by atoms with Gasteiger partial charge in [-0.1, -0.05) is 26.8 Å². The van der Waals surface area contributed by atoms with Crippen molar-refractivity contribution in [1.29, 1.82) is 0 Å². The number of H-pyrrole nitrogens is 1. The van der Waals surface area contributed by atoms with E-state index in [2.05, 4.69) is 52.5 Å². The van der Waals surface area contributed by atoms with E-state index in [0.717, 1.165) is 55.4 Å². The topological polar surface area (TPSA) is 121 Å². The van der Waals surface area contributed by atoms with E-state index in [1.54, 1.807) is 36.1 Å². The first-order chi connectivity index (χ1) is 18.3. The molecule has 0 radical (unpaired) electrons. The lowest BCUT2D eigenvalue weighted by molar-refractivity contribution is -0.117. The molecule has 1 aliphatic rings. The molecule has 9 nitrogen and oxygen atoms in total. The van der Waals surface area contributed by atoms with E-state index in [0.29, 0.717) is 12.1 Å². The molecule has 38 heavy (non-hydrogen) atoms. The number of amides is 1. The molecular weight excluding hydrogens is 496 g/mol. The minimum Gasteiger partial charge on any atom is -0.357 e. The highest BCUT2D eigenvalue weighted by molar-refractivity contribution is 7.13. The average Bonchev–Trinajstić information content (AvgIpc) is 3.57. The Morgan fingerprint density at radius 3 is 2.76 bits per heavy atom. The molecule has 6 heterocycles. The number of fused-ring (bicyclic) bond motifs is 2. The van der Waals surface area contributed by atoms with Crippen LogP contribution in [0, 0.1) is 5.41 Å². The van der Waals surface area contributed by atoms with Crippen LogP contribution in [0.2, 0.25) is 0 Å². The monoisotopic (exact) mass is 522 g/mol. The normalized spacial score (nSPS) is 12.9. The molecule has 0 bridgehead atoms. The second kappa shape index (κ2) is 9.38. The summed E-state index contributed by atoms with van der Waals surface area (Å²) in [5, 5.41) is 20.5. The van der Waals surface area contributed by atoms with E-state index in [9.17, 15) is 4.79 Å². The van der Waals surface area contributed by atoms with Gasteiger partial charge in [-0.2, -0.15) is 5.10 Å². The second-order valence-electron chi connectivity index (χ2n) is 10.3. The molecule has 0 saturated carbocycles. The molecule has 6 rings (SSSR count). The van der Waals surface area contributed by atoms with Crippen LogP contribution in [0.1, 0.15) is 32.9 Å². The van der Waals surface area contributed by atoms with Gasteiger partial charge < -0.3 is 16.0 Å². The summed E-state index contributed by atoms with van der Waals surface area (Å²) < 4.78 is 0. The number of hydrogen-bond donors (Lipinski definition) is 4. The van der Waals surface area contributed by atoms with Gasteiger partial charge in [0.2, 0.25) is 5.91 Å². The van der Waals surface area contributed by atoms with Gasteiger partial charge >= 0.3 is 0 Å². The number of pyridine rings is 3. The van der Waals surface area contributed by atoms with E-state index in [1.807, 2.05) is 51.4 Å². The first kappa shape index (κ1) is 23.8. The van der Waals surface area contributed by atoms with E-state index < -0.39 is 0 Å². The summed E-state index contributed by atoms with van der Waals surface area (Å²) in [5.41, 5.74) is 7.34. The Morgan fingerprint density at radius 1 is 1.08 bits per heavy atom. The van der Waals surface area contributed by atoms with Crippen molar-refractivity contribution in [2.24, 2.45) is 5.41 Å². The van der Waals surface area contributed by atoms with Gasteiger partial charge in [0, 0.05) is 46.4 Å². The van der Waals surface area contributed by atoms with E-state index >= 15 is 0 Å². The summed E-state index contributed by atoms with van der Waals surface area (Å²) in [5.74, 6) is -0.0446. The number of aromatic amines is 1. The Kier molecular flexibility index (Phi) is 5.88. The van der Waals surface area contributed by atoms with Crippen molar-refractivity contribution in [3.8, 4) is 21.7 Å². The van der Waals surface area contributed by atoms with Gasteiger partial charge in [-0.05, 0) is 29.0 Å². The van der Waals surface area contributed by atoms with Crippen LogP contribution in [0.4, 0.5) is 17.1 Å². The zero-order valence-corrected chi connectivity index (χ0v) is 22.0. The molecular formula is C28H26N8OS. The zero-order chi connectivity index (χ0) is 26.3. The lowest BCUT2D eigenvalue weighted by Crippen LogP contribution is -2.19. The standard InChI is InChI=1S/C28H26N8OS/c1-28(2,3)9-25(37)33-17-7-16(10-29-11-17)20-8-18-21(14-31-20)35-36-27(18)23-15-32-26-19(24-5-4-6-38-24)12-30-13-22(26)34-23/h4-8,10-15,32,34H,9H2,1-3H3,(H,33,37)(H,35,36). The highest BCUT2D eigenvalue weighted by atomic mass is 32.1. The summed E-state index contributed by atoms with van der Waals surface area (Å²) in [6, 6.07) is 7.97. The number of rotatable bonds is 5. The van der Waals surface area contributed by atoms with Crippen molar-refractivity contribution in [3.05, 3.63) is 72.5 Å². The second-order valence-corrected chi connectivity index (χ2v) is 11.3. The van der Waals surface area contributed by atoms with Gasteiger partial charge in [-0.25, -0.2) is 0 Å². The summed E-state index contributed by atoms with van der Waals surface area (Å²) in [6.07, 6.45) is 11.1. The molecule has 190 valence electrons. The maximum atomic E-state index is 12.4. The fourth-order valence-corrected chi connectivity index (χ4v) is 5.14. The maximum Gasteiger partial charge on any atom is 0.224 e. The fourth-order valence-electron chi connectivity index (χ4n) is 4.40. The quantitative estimate of drug-likeness (QED) is 0.212. The van der Waals surface area contributed by atoms with E-state index in [4.69, 9.17) is 0 Å². The number of carbonyl (C=O) groups excluding carboxylic acids is 1. The largest absolute Gasteiger partial charge is 0.357 e. The molecule has 5 aromatic heterocycles. The summed E-state index contributed by atoms with van der Waals surface area (Å²) in [4.78, 5) is 26.9. The van der Waals surface area contributed by atoms with Crippen molar-refractivity contribution in [2.75, 3.05) is 16.0 Å². The zero-order valence-electron chi connectivity index (χ0n) is 21.2. The Hall–Kier alpha value is -4.57. The SMILES string of the molecule is CC(C)(C)CC(=O)Nc1cncc(-c2cc3c(C4=CNc5c(cncc5-c5cccs5)N4)n[nH]c3cn2)c1. The lowest BCUT2D eigenvalue weighted by atomic mass is 9.92. The van der Waals surface area contributed by atoms with E-state index in [1.165, 1.54) is 0 Å². The Morgan fingerprint density at radius 2 is 1.95 bits per heavy atom. The first-order valence-electron chi connectivity index (χ1n) is 12.2. The third-order valence-corrected chi connectivity index (χ3v) is 6.98. The van der Waals surface area contributed by atoms with E-state index in [-0.39, 0.29) is 11.3 Å². The molecule has 0 unspecified atom stereocenters. The van der Waals surface area contributed by atoms with Crippen LogP contribution in [-0.4, -0.2) is 31.1 Å². The first-order valence-corrected chi connectivity index (χ1v) is 13.1. The summed E-state index contributed by atoms with van der Waals surface area (Å²) >= 11 is 1.67. The minimum atomic E-state index is -0.0990. The molecule has 5 aromatic rings. The number of anilines is 3. The smallest absolute Gasteiger partial charge is 0.224 e. The van der Waals surface area contributed by atoms with Crippen molar-refractivity contribution < 1.29 is 4.79 Å². The lowest BCUT2D eigenvalue weighted by Gasteiger charge is -2.21. The maximum absolute atomic E-state index is 12.4. The van der Waals surface area contributed by atoms with Gasteiger partial charge in [-0.15, -0.1) is 11.3 Å². The van der Waals surface area contributed by atoms with Gasteiger partial charge in [0.1, 0.15) is 5.69 Å². The number of nitrogens with one attached hydrogen (secondary N) is 4. The van der Waals surface area contributed by atoms with Crippen LogP contribution in [0.15, 0.2) is 66.8 Å². The van der Waals surface area contributed by atoms with Crippen LogP contribution in [0.3, 0.4) is 0 Å². The number of thiophene rings is 1. The predicted molar refractivity (Wildman–Crippen MR) is 153 cm³/mol. The summed E-state index contributed by atoms with van der Waals surface area (Å²) in [7, 11) is 0. The van der Waals surface area contributed by atoms with Gasteiger partial charge in [0.05, 0.1) is 52.6 Å². The molecule has 0 spiro atoms. The number of carbonyl (C=O) groups is 1. The molecule has 10 heteroatoms. The molecule has 4 N–H and O–H groups in total. The van der Waals surface area contributed by atoms with Crippen LogP contribution >= 0.6 is 11.3 Å². The van der Waals surface area contributed by atoms with Crippen molar-refractivity contribution in [1.82, 2.24) is 25.1 Å². The Labute approximate surface area is 223 Å². The number of nitrogens with zero attached hydrogens (tertiary/aromatic N) is 4. The predicted octanol–water partition coefficient (Wildman–Crippen LogP) is 6.35. The molecule has 1 amide bonds. The van der Waals surface area contributed by atoms with Crippen LogP contribution in [0.5, 0.6) is 0 Å². The average molecular weight is 523 g/mol. The Balaban J connectivity index is 1.29. The minimum absolute atomic E-state index is 0.0446. The third kappa shape index (κ3) is 4.73. The van der Waals surface area contributed by atoms with Gasteiger partial charge in [0.25, 0.3) is 0 Å². The van der Waals surface area contributed by atoms with Crippen LogP contribution in [-0.2, 0) is 4.79 Å². The molecule has 0 fully saturated rings. The number of aromatic nitrogens is 5. The van der Waals surface area contributed by atoms with Crippen LogP contribution in [0.25, 0.3) is 38.3 Å². The van der Waals surface area contributed by atoms with Gasteiger partial charge in [0.15, 0.2) is 0 Å². The van der Waals surface area contributed by atoms with Crippen molar-refractivity contribution in [2.45, 2.75) is 27.2 Å². The molecule has 0 aromatic carbocycles. The molecule has 0 atom stereocenters. The van der Waals surface area contributed by atoms with Gasteiger partial charge in [-0.3, -0.25) is 24.8 Å². The number of hydrogen-bond acceptors (Lipinski definition) is 8. The van der Waals surface area contributed by atoms with Crippen LogP contribution < -0.4 is 16.0 Å². The highest BCUT2D eigenvalue weighted by Crippen LogP contribution is 2.40. The molecule has 0 aliphatic carbocycles. The fraction of sp³-hybridized carbons (Fsp3) is 0.179. The summed E-state index contributed by atoms with van der Waals surface area (Å²) in [6.45, 7) is 6.10. The molecule has 0 saturated heterocycles. The molecule has 1 aliphatic heterocycles.